The molecule has 0 saturated carbocycles. The van der Waals surface area contributed by atoms with Crippen LogP contribution in [0.4, 0.5) is 0 Å². The molecule has 158 valence electrons. The molecule has 0 spiro atoms. The molecule has 0 amide bonds. The van der Waals surface area contributed by atoms with Gasteiger partial charge in [0.25, 0.3) is 0 Å². The molecule has 3 rings (SSSR count). The van der Waals surface area contributed by atoms with Crippen molar-refractivity contribution in [3.63, 3.8) is 0 Å². The molecule has 0 aliphatic rings. The highest BCUT2D eigenvalue weighted by Gasteiger charge is 2.09. The van der Waals surface area contributed by atoms with Crippen LogP contribution >= 0.6 is 11.8 Å². The summed E-state index contributed by atoms with van der Waals surface area (Å²) in [6.07, 6.45) is 0.357. The van der Waals surface area contributed by atoms with Gasteiger partial charge in [0.15, 0.2) is 6.61 Å². The maximum Gasteiger partial charge on any atom is 0.343 e. The highest BCUT2D eigenvalue weighted by Crippen LogP contribution is 2.29. The molecule has 0 aliphatic carbocycles. The minimum Gasteiger partial charge on any atom is -0.491 e. The van der Waals surface area contributed by atoms with Gasteiger partial charge in [0.1, 0.15) is 18.1 Å². The minimum atomic E-state index is -0.513. The van der Waals surface area contributed by atoms with E-state index in [2.05, 4.69) is 16.9 Å². The maximum absolute atomic E-state index is 11.4. The van der Waals surface area contributed by atoms with Crippen molar-refractivity contribution in [2.75, 3.05) is 31.8 Å². The van der Waals surface area contributed by atoms with Crippen LogP contribution in [0.2, 0.25) is 0 Å². The molecule has 5 nitrogen and oxygen atoms in total. The van der Waals surface area contributed by atoms with E-state index in [1.54, 1.807) is 11.8 Å². The van der Waals surface area contributed by atoms with Crippen LogP contribution in [0.5, 0.6) is 11.5 Å². The van der Waals surface area contributed by atoms with E-state index in [1.807, 2.05) is 54.6 Å². The van der Waals surface area contributed by atoms with Gasteiger partial charge in [0.2, 0.25) is 0 Å². The fraction of sp³-hybridized carbons (Fsp3) is 0.292. The van der Waals surface area contributed by atoms with Crippen molar-refractivity contribution < 1.29 is 24.1 Å². The molecular formula is C24H26O5S. The summed E-state index contributed by atoms with van der Waals surface area (Å²) in [4.78, 5) is 11.4. The Kier molecular flexibility index (Phi) is 8.41. The smallest absolute Gasteiger partial charge is 0.343 e. The van der Waals surface area contributed by atoms with Gasteiger partial charge < -0.3 is 19.3 Å². The van der Waals surface area contributed by atoms with Gasteiger partial charge >= 0.3 is 5.97 Å². The summed E-state index contributed by atoms with van der Waals surface area (Å²) < 4.78 is 15.9. The lowest BCUT2D eigenvalue weighted by Crippen LogP contribution is -2.20. The number of thioether (sulfide) groups is 1. The Balaban J connectivity index is 1.50. The number of hydrogen-bond donors (Lipinski definition) is 1. The Morgan fingerprint density at radius 1 is 0.967 bits per heavy atom. The van der Waals surface area contributed by atoms with Crippen LogP contribution in [0.3, 0.4) is 0 Å². The van der Waals surface area contributed by atoms with E-state index >= 15 is 0 Å². The van der Waals surface area contributed by atoms with Gasteiger partial charge in [0, 0.05) is 11.1 Å². The maximum atomic E-state index is 11.4. The second kappa shape index (κ2) is 11.5. The van der Waals surface area contributed by atoms with Gasteiger partial charge in [-0.15, -0.1) is 0 Å². The highest BCUT2D eigenvalue weighted by atomic mass is 32.2. The second-order valence-electron chi connectivity index (χ2n) is 6.74. The van der Waals surface area contributed by atoms with Gasteiger partial charge in [-0.1, -0.05) is 48.5 Å². The summed E-state index contributed by atoms with van der Waals surface area (Å²) in [5.41, 5.74) is 1.21. The van der Waals surface area contributed by atoms with E-state index in [0.29, 0.717) is 11.5 Å². The van der Waals surface area contributed by atoms with Gasteiger partial charge in [-0.05, 0) is 41.3 Å². The van der Waals surface area contributed by atoms with E-state index in [0.717, 1.165) is 28.7 Å². The van der Waals surface area contributed by atoms with E-state index in [9.17, 15) is 9.90 Å². The molecule has 1 N–H and O–H groups in total. The molecule has 0 bridgehead atoms. The first-order valence-corrected chi connectivity index (χ1v) is 11.0. The third-order valence-electron chi connectivity index (χ3n) is 4.56. The molecule has 0 heterocycles. The number of benzene rings is 3. The Bertz CT molecular complexity index is 945. The molecule has 1 unspecified atom stereocenters. The zero-order valence-electron chi connectivity index (χ0n) is 17.0. The fourth-order valence-electron chi connectivity index (χ4n) is 3.04. The van der Waals surface area contributed by atoms with Crippen LogP contribution in [-0.4, -0.2) is 49.0 Å². The Labute approximate surface area is 181 Å². The largest absolute Gasteiger partial charge is 0.491 e. The summed E-state index contributed by atoms with van der Waals surface area (Å²) in [6.45, 7) is 0.171. The SMILES string of the molecule is COC(=O)COc1cccc2c(CCSCC(O)COc3ccccc3)cccc12. The first-order valence-electron chi connectivity index (χ1n) is 9.81. The second-order valence-corrected chi connectivity index (χ2v) is 7.89. The standard InChI is InChI=1S/C24H26O5S/c1-27-24(26)16-29-23-12-6-10-21-18(7-5-11-22(21)23)13-14-30-17-19(25)15-28-20-8-3-2-4-9-20/h2-12,19,25H,13-17H2,1H3. The van der Waals surface area contributed by atoms with Crippen LogP contribution in [0.1, 0.15) is 5.56 Å². The number of aliphatic hydroxyl groups is 1. The van der Waals surface area contributed by atoms with Crippen molar-refractivity contribution in [1.29, 1.82) is 0 Å². The van der Waals surface area contributed by atoms with Gasteiger partial charge in [-0.2, -0.15) is 11.8 Å². The first kappa shape index (κ1) is 22.0. The predicted octanol–water partition coefficient (Wildman–Crippen LogP) is 4.11. The van der Waals surface area contributed by atoms with E-state index < -0.39 is 12.1 Å². The molecule has 0 fully saturated rings. The van der Waals surface area contributed by atoms with Crippen LogP contribution < -0.4 is 9.47 Å². The van der Waals surface area contributed by atoms with Crippen LogP contribution in [-0.2, 0) is 16.0 Å². The van der Waals surface area contributed by atoms with Crippen molar-refractivity contribution >= 4 is 28.5 Å². The van der Waals surface area contributed by atoms with Crippen molar-refractivity contribution in [3.05, 3.63) is 72.3 Å². The highest BCUT2D eigenvalue weighted by molar-refractivity contribution is 7.99. The summed E-state index contributed by atoms with van der Waals surface area (Å²) in [5, 5.41) is 12.2. The number of carbonyl (C=O) groups is 1. The van der Waals surface area contributed by atoms with Crippen LogP contribution in [0, 0.1) is 0 Å². The van der Waals surface area contributed by atoms with Crippen molar-refractivity contribution in [1.82, 2.24) is 0 Å². The molecule has 0 aliphatic heterocycles. The third-order valence-corrected chi connectivity index (χ3v) is 5.67. The van der Waals surface area contributed by atoms with Gasteiger partial charge in [-0.3, -0.25) is 0 Å². The number of hydrogen-bond acceptors (Lipinski definition) is 6. The number of ether oxygens (including phenoxy) is 3. The number of esters is 1. The summed E-state index contributed by atoms with van der Waals surface area (Å²) in [6, 6.07) is 21.4. The zero-order chi connectivity index (χ0) is 21.2. The predicted molar refractivity (Wildman–Crippen MR) is 120 cm³/mol. The summed E-state index contributed by atoms with van der Waals surface area (Å²) >= 11 is 1.70. The molecule has 3 aromatic carbocycles. The first-order chi connectivity index (χ1) is 14.7. The molecule has 30 heavy (non-hydrogen) atoms. The van der Waals surface area contributed by atoms with E-state index in [-0.39, 0.29) is 13.2 Å². The number of para-hydroxylation sites is 1. The number of carbonyl (C=O) groups excluding carboxylic acids is 1. The zero-order valence-corrected chi connectivity index (χ0v) is 17.8. The quantitative estimate of drug-likeness (QED) is 0.368. The number of rotatable bonds is 11. The Morgan fingerprint density at radius 2 is 1.73 bits per heavy atom. The fourth-order valence-corrected chi connectivity index (χ4v) is 3.94. The average Bonchev–Trinajstić information content (AvgIpc) is 2.79. The minimum absolute atomic E-state index is 0.112. The van der Waals surface area contributed by atoms with E-state index in [1.165, 1.54) is 12.7 Å². The van der Waals surface area contributed by atoms with Gasteiger partial charge in [0.05, 0.1) is 13.2 Å². The molecule has 6 heteroatoms. The number of methoxy groups -OCH3 is 1. The van der Waals surface area contributed by atoms with Crippen molar-refractivity contribution in [3.8, 4) is 11.5 Å². The average molecular weight is 427 g/mol. The van der Waals surface area contributed by atoms with Crippen LogP contribution in [0.25, 0.3) is 10.8 Å². The van der Waals surface area contributed by atoms with E-state index in [4.69, 9.17) is 9.47 Å². The lowest BCUT2D eigenvalue weighted by molar-refractivity contribution is -0.142. The summed E-state index contributed by atoms with van der Waals surface area (Å²) in [5.74, 6) is 2.53. The topological polar surface area (TPSA) is 65.0 Å². The molecule has 3 aromatic rings. The summed E-state index contributed by atoms with van der Waals surface area (Å²) in [7, 11) is 1.34. The lowest BCUT2D eigenvalue weighted by Gasteiger charge is -2.13. The number of aryl methyl sites for hydroxylation is 1. The monoisotopic (exact) mass is 426 g/mol. The van der Waals surface area contributed by atoms with Crippen LogP contribution in [0.15, 0.2) is 66.7 Å². The Hall–Kier alpha value is -2.70. The molecular weight excluding hydrogens is 400 g/mol. The number of aliphatic hydroxyl groups excluding tert-OH is 1. The van der Waals surface area contributed by atoms with Crippen molar-refractivity contribution in [2.45, 2.75) is 12.5 Å². The van der Waals surface area contributed by atoms with Crippen molar-refractivity contribution in [2.24, 2.45) is 0 Å². The number of fused-ring (bicyclic) bond motifs is 1. The third kappa shape index (κ3) is 6.40. The normalized spacial score (nSPS) is 11.8. The molecule has 0 saturated heterocycles. The molecule has 0 aromatic heterocycles. The lowest BCUT2D eigenvalue weighted by atomic mass is 10.0. The Morgan fingerprint density at radius 3 is 2.53 bits per heavy atom. The van der Waals surface area contributed by atoms with Gasteiger partial charge in [-0.25, -0.2) is 4.79 Å². The molecule has 0 radical (unpaired) electrons. The molecule has 1 atom stereocenters.